The number of nitrogens with one attached hydrogen (secondary N) is 1. The van der Waals surface area contributed by atoms with Crippen LogP contribution in [-0.2, 0) is 4.79 Å². The van der Waals surface area contributed by atoms with Gasteiger partial charge in [0.2, 0.25) is 0 Å². The Balaban J connectivity index is 1.87. The number of likely N-dealkylation sites (N-methyl/N-ethyl adjacent to an activating group) is 1. The Hall–Kier alpha value is -1.62. The van der Waals surface area contributed by atoms with Crippen LogP contribution in [0.4, 0.5) is 4.39 Å². The fourth-order valence-electron chi connectivity index (χ4n) is 2.40. The SMILES string of the molecule is CNCC1CCCN1C(=O)COc1cccc(F)c1. The molecule has 0 spiro atoms. The minimum absolute atomic E-state index is 0.0380. The van der Waals surface area contributed by atoms with Crippen molar-refractivity contribution in [3.05, 3.63) is 30.1 Å². The molecular weight excluding hydrogens is 247 g/mol. The normalized spacial score (nSPS) is 18.6. The smallest absolute Gasteiger partial charge is 0.260 e. The molecule has 1 saturated heterocycles. The zero-order chi connectivity index (χ0) is 13.7. The summed E-state index contributed by atoms with van der Waals surface area (Å²) in [6.45, 7) is 1.53. The molecule has 1 heterocycles. The van der Waals surface area contributed by atoms with Gasteiger partial charge in [0.15, 0.2) is 6.61 Å². The third-order valence-corrected chi connectivity index (χ3v) is 3.30. The van der Waals surface area contributed by atoms with Crippen molar-refractivity contribution in [2.45, 2.75) is 18.9 Å². The van der Waals surface area contributed by atoms with E-state index in [9.17, 15) is 9.18 Å². The number of amides is 1. The topological polar surface area (TPSA) is 41.6 Å². The highest BCUT2D eigenvalue weighted by molar-refractivity contribution is 5.78. The van der Waals surface area contributed by atoms with Gasteiger partial charge in [-0.15, -0.1) is 0 Å². The van der Waals surface area contributed by atoms with Gasteiger partial charge in [0.1, 0.15) is 11.6 Å². The summed E-state index contributed by atoms with van der Waals surface area (Å²) in [4.78, 5) is 13.9. The van der Waals surface area contributed by atoms with Gasteiger partial charge < -0.3 is 15.0 Å². The van der Waals surface area contributed by atoms with Crippen LogP contribution in [0.25, 0.3) is 0 Å². The summed E-state index contributed by atoms with van der Waals surface area (Å²) in [7, 11) is 1.88. The van der Waals surface area contributed by atoms with Crippen LogP contribution in [0.15, 0.2) is 24.3 Å². The van der Waals surface area contributed by atoms with Crippen molar-refractivity contribution >= 4 is 5.91 Å². The van der Waals surface area contributed by atoms with Crippen LogP contribution < -0.4 is 10.1 Å². The highest BCUT2D eigenvalue weighted by Crippen LogP contribution is 2.17. The van der Waals surface area contributed by atoms with E-state index in [0.717, 1.165) is 25.9 Å². The fourth-order valence-corrected chi connectivity index (χ4v) is 2.40. The molecular formula is C14H19FN2O2. The van der Waals surface area contributed by atoms with Crippen LogP contribution in [-0.4, -0.2) is 43.6 Å². The Morgan fingerprint density at radius 3 is 3.16 bits per heavy atom. The lowest BCUT2D eigenvalue weighted by molar-refractivity contribution is -0.134. The molecule has 0 radical (unpaired) electrons. The van der Waals surface area contributed by atoms with Gasteiger partial charge in [-0.3, -0.25) is 4.79 Å². The number of benzene rings is 1. The molecule has 5 heteroatoms. The molecule has 1 aliphatic rings. The van der Waals surface area contributed by atoms with Gasteiger partial charge in [0, 0.05) is 25.2 Å². The van der Waals surface area contributed by atoms with Crippen LogP contribution in [0.5, 0.6) is 5.75 Å². The molecule has 0 saturated carbocycles. The van der Waals surface area contributed by atoms with Crippen LogP contribution in [0.1, 0.15) is 12.8 Å². The molecule has 1 unspecified atom stereocenters. The van der Waals surface area contributed by atoms with E-state index in [1.165, 1.54) is 12.1 Å². The summed E-state index contributed by atoms with van der Waals surface area (Å²) < 4.78 is 18.3. The van der Waals surface area contributed by atoms with Gasteiger partial charge >= 0.3 is 0 Å². The summed E-state index contributed by atoms with van der Waals surface area (Å²) in [5.41, 5.74) is 0. The van der Waals surface area contributed by atoms with Gasteiger partial charge in [-0.05, 0) is 32.0 Å². The zero-order valence-corrected chi connectivity index (χ0v) is 11.1. The Morgan fingerprint density at radius 1 is 1.58 bits per heavy atom. The summed E-state index contributed by atoms with van der Waals surface area (Å²) >= 11 is 0. The lowest BCUT2D eigenvalue weighted by atomic mass is 10.2. The predicted molar refractivity (Wildman–Crippen MR) is 70.6 cm³/mol. The quantitative estimate of drug-likeness (QED) is 0.876. The first kappa shape index (κ1) is 13.8. The van der Waals surface area contributed by atoms with E-state index in [2.05, 4.69) is 5.32 Å². The molecule has 1 atom stereocenters. The number of hydrogen-bond acceptors (Lipinski definition) is 3. The monoisotopic (exact) mass is 266 g/mol. The maximum Gasteiger partial charge on any atom is 0.260 e. The summed E-state index contributed by atoms with van der Waals surface area (Å²) in [5, 5.41) is 3.09. The average Bonchev–Trinajstić information content (AvgIpc) is 2.85. The van der Waals surface area contributed by atoms with Crippen molar-refractivity contribution in [3.63, 3.8) is 0 Å². The van der Waals surface area contributed by atoms with Gasteiger partial charge in [-0.2, -0.15) is 0 Å². The molecule has 0 aromatic heterocycles. The molecule has 0 bridgehead atoms. The zero-order valence-electron chi connectivity index (χ0n) is 11.1. The average molecular weight is 266 g/mol. The first-order valence-corrected chi connectivity index (χ1v) is 6.53. The number of carbonyl (C=O) groups is 1. The molecule has 4 nitrogen and oxygen atoms in total. The second-order valence-electron chi connectivity index (χ2n) is 4.69. The number of nitrogens with zero attached hydrogens (tertiary/aromatic N) is 1. The van der Waals surface area contributed by atoms with Crippen LogP contribution in [0, 0.1) is 5.82 Å². The van der Waals surface area contributed by atoms with E-state index in [4.69, 9.17) is 4.74 Å². The Bertz CT molecular complexity index is 439. The minimum atomic E-state index is -0.362. The third kappa shape index (κ3) is 3.67. The van der Waals surface area contributed by atoms with Gasteiger partial charge in [0.25, 0.3) is 5.91 Å². The molecule has 1 N–H and O–H groups in total. The van der Waals surface area contributed by atoms with E-state index < -0.39 is 0 Å². The number of hydrogen-bond donors (Lipinski definition) is 1. The lowest BCUT2D eigenvalue weighted by Gasteiger charge is -2.24. The highest BCUT2D eigenvalue weighted by atomic mass is 19.1. The van der Waals surface area contributed by atoms with E-state index >= 15 is 0 Å². The van der Waals surface area contributed by atoms with E-state index in [-0.39, 0.29) is 24.4 Å². The van der Waals surface area contributed by atoms with Gasteiger partial charge in [-0.1, -0.05) is 6.07 Å². The van der Waals surface area contributed by atoms with E-state index in [1.54, 1.807) is 12.1 Å². The van der Waals surface area contributed by atoms with E-state index in [0.29, 0.717) is 5.75 Å². The standard InChI is InChI=1S/C14H19FN2O2/c1-16-9-12-5-3-7-17(12)14(18)10-19-13-6-2-4-11(15)8-13/h2,4,6,8,12,16H,3,5,7,9-10H2,1H3. The number of rotatable bonds is 5. The Morgan fingerprint density at radius 2 is 2.42 bits per heavy atom. The highest BCUT2D eigenvalue weighted by Gasteiger charge is 2.28. The summed E-state index contributed by atoms with van der Waals surface area (Å²) in [6.07, 6.45) is 2.05. The predicted octanol–water partition coefficient (Wildman–Crippen LogP) is 1.41. The first-order chi connectivity index (χ1) is 9.20. The molecule has 2 rings (SSSR count). The number of likely N-dealkylation sites (tertiary alicyclic amines) is 1. The number of carbonyl (C=O) groups excluding carboxylic acids is 1. The molecule has 19 heavy (non-hydrogen) atoms. The summed E-state index contributed by atoms with van der Waals surface area (Å²) in [6, 6.07) is 6.08. The van der Waals surface area contributed by atoms with Crippen molar-refractivity contribution in [3.8, 4) is 5.75 Å². The maximum absolute atomic E-state index is 13.0. The van der Waals surface area contributed by atoms with Crippen molar-refractivity contribution < 1.29 is 13.9 Å². The summed E-state index contributed by atoms with van der Waals surface area (Å²) in [5.74, 6) is -0.0149. The van der Waals surface area contributed by atoms with Crippen molar-refractivity contribution in [1.29, 1.82) is 0 Å². The van der Waals surface area contributed by atoms with Crippen LogP contribution in [0.3, 0.4) is 0 Å². The molecule has 1 aromatic rings. The molecule has 1 amide bonds. The maximum atomic E-state index is 13.0. The van der Waals surface area contributed by atoms with Crippen LogP contribution in [0.2, 0.25) is 0 Å². The molecule has 104 valence electrons. The van der Waals surface area contributed by atoms with Crippen molar-refractivity contribution in [2.24, 2.45) is 0 Å². The molecule has 0 aliphatic carbocycles. The van der Waals surface area contributed by atoms with Crippen molar-refractivity contribution in [2.75, 3.05) is 26.7 Å². The van der Waals surface area contributed by atoms with Gasteiger partial charge in [-0.25, -0.2) is 4.39 Å². The Labute approximate surface area is 112 Å². The van der Waals surface area contributed by atoms with Gasteiger partial charge in [0.05, 0.1) is 0 Å². The van der Waals surface area contributed by atoms with Crippen molar-refractivity contribution in [1.82, 2.24) is 10.2 Å². The third-order valence-electron chi connectivity index (χ3n) is 3.30. The lowest BCUT2D eigenvalue weighted by Crippen LogP contribution is -2.43. The molecule has 1 aliphatic heterocycles. The first-order valence-electron chi connectivity index (χ1n) is 6.53. The second-order valence-corrected chi connectivity index (χ2v) is 4.69. The minimum Gasteiger partial charge on any atom is -0.484 e. The van der Waals surface area contributed by atoms with Crippen LogP contribution >= 0.6 is 0 Å². The number of ether oxygens (including phenoxy) is 1. The molecule has 1 fully saturated rings. The Kier molecular flexibility index (Phi) is 4.74. The molecule has 1 aromatic carbocycles. The second kappa shape index (κ2) is 6.52. The fraction of sp³-hybridized carbons (Fsp3) is 0.500. The number of halogens is 1. The van der Waals surface area contributed by atoms with E-state index in [1.807, 2.05) is 11.9 Å². The largest absolute Gasteiger partial charge is 0.484 e.